The Morgan fingerprint density at radius 1 is 0.640 bits per heavy atom. The minimum absolute atomic E-state index is 0.639. The summed E-state index contributed by atoms with van der Waals surface area (Å²) in [7, 11) is 0. The summed E-state index contributed by atoms with van der Waals surface area (Å²) in [6.45, 7) is 0. The van der Waals surface area contributed by atoms with Crippen LogP contribution in [0.3, 0.4) is 0 Å². The van der Waals surface area contributed by atoms with E-state index >= 15 is 0 Å². The van der Waals surface area contributed by atoms with Crippen LogP contribution in [-0.2, 0) is 0 Å². The highest BCUT2D eigenvalue weighted by molar-refractivity contribution is 5.80. The van der Waals surface area contributed by atoms with Crippen LogP contribution in [0.5, 0.6) is 0 Å². The number of nitrogens with zero attached hydrogens (tertiary/aromatic N) is 3. The Morgan fingerprint density at radius 3 is 1.72 bits per heavy atom. The highest BCUT2D eigenvalue weighted by atomic mass is 16.1. The van der Waals surface area contributed by atoms with Gasteiger partial charge >= 0.3 is 0 Å². The lowest BCUT2D eigenvalue weighted by Gasteiger charge is -2.01. The summed E-state index contributed by atoms with van der Waals surface area (Å²) in [4.78, 5) is 12.5. The molecule has 4 heteroatoms. The minimum Gasteiger partial charge on any atom is -0.298 e. The molecule has 25 heavy (non-hydrogen) atoms. The second kappa shape index (κ2) is 6.53. The van der Waals surface area contributed by atoms with E-state index in [0.717, 1.165) is 34.5 Å². The molecule has 4 nitrogen and oxygen atoms in total. The zero-order valence-electron chi connectivity index (χ0n) is 13.4. The van der Waals surface area contributed by atoms with Crippen molar-refractivity contribution in [2.45, 2.75) is 0 Å². The van der Waals surface area contributed by atoms with E-state index in [0.29, 0.717) is 5.56 Å². The van der Waals surface area contributed by atoms with E-state index in [1.807, 2.05) is 72.8 Å². The first-order valence-corrected chi connectivity index (χ1v) is 7.99. The Bertz CT molecular complexity index is 991. The van der Waals surface area contributed by atoms with Crippen molar-refractivity contribution < 1.29 is 4.79 Å². The first kappa shape index (κ1) is 15.0. The van der Waals surface area contributed by atoms with Crippen molar-refractivity contribution in [3.8, 4) is 28.2 Å². The van der Waals surface area contributed by atoms with Crippen LogP contribution in [0.2, 0.25) is 0 Å². The van der Waals surface area contributed by atoms with Gasteiger partial charge in [-0.2, -0.15) is 4.80 Å². The zero-order chi connectivity index (χ0) is 17.1. The van der Waals surface area contributed by atoms with Crippen LogP contribution >= 0.6 is 0 Å². The third kappa shape index (κ3) is 2.97. The normalized spacial score (nSPS) is 10.6. The molecule has 3 aromatic carbocycles. The monoisotopic (exact) mass is 325 g/mol. The van der Waals surface area contributed by atoms with Crippen LogP contribution in [0, 0.1) is 0 Å². The molecule has 0 N–H and O–H groups in total. The number of benzene rings is 3. The molecule has 0 aliphatic rings. The summed E-state index contributed by atoms with van der Waals surface area (Å²) < 4.78 is 0. The largest absolute Gasteiger partial charge is 0.298 e. The molecule has 0 aliphatic heterocycles. The maximum Gasteiger partial charge on any atom is 0.150 e. The molecule has 0 aliphatic carbocycles. The quantitative estimate of drug-likeness (QED) is 0.522. The van der Waals surface area contributed by atoms with Gasteiger partial charge < -0.3 is 0 Å². The molecule has 0 fully saturated rings. The lowest BCUT2D eigenvalue weighted by Crippen LogP contribution is -1.98. The fourth-order valence-electron chi connectivity index (χ4n) is 2.69. The number of para-hydroxylation sites is 1. The number of carbonyl (C=O) groups excluding carboxylic acids is 1. The first-order chi connectivity index (χ1) is 12.3. The molecule has 1 aromatic heterocycles. The van der Waals surface area contributed by atoms with Crippen molar-refractivity contribution in [3.05, 3.63) is 90.5 Å². The van der Waals surface area contributed by atoms with E-state index in [1.165, 1.54) is 0 Å². The van der Waals surface area contributed by atoms with Gasteiger partial charge in [0.05, 0.1) is 5.69 Å². The molecule has 0 saturated heterocycles. The molecule has 4 aromatic rings. The highest BCUT2D eigenvalue weighted by Crippen LogP contribution is 2.29. The van der Waals surface area contributed by atoms with Crippen LogP contribution in [0.1, 0.15) is 10.4 Å². The van der Waals surface area contributed by atoms with Gasteiger partial charge in [0.15, 0.2) is 0 Å². The summed E-state index contributed by atoms with van der Waals surface area (Å²) in [6.07, 6.45) is 0.836. The van der Waals surface area contributed by atoms with Crippen molar-refractivity contribution >= 4 is 6.29 Å². The average molecular weight is 325 g/mol. The Hall–Kier alpha value is -3.53. The van der Waals surface area contributed by atoms with Gasteiger partial charge in [-0.15, -0.1) is 10.2 Å². The number of aromatic nitrogens is 3. The van der Waals surface area contributed by atoms with Gasteiger partial charge in [0.1, 0.15) is 17.7 Å². The zero-order valence-corrected chi connectivity index (χ0v) is 13.4. The van der Waals surface area contributed by atoms with E-state index < -0.39 is 0 Å². The summed E-state index contributed by atoms with van der Waals surface area (Å²) in [5.41, 5.74) is 5.05. The Labute approximate surface area is 145 Å². The third-order valence-electron chi connectivity index (χ3n) is 3.97. The molecular weight excluding hydrogens is 310 g/mol. The Morgan fingerprint density at radius 2 is 1.16 bits per heavy atom. The molecule has 0 saturated carbocycles. The van der Waals surface area contributed by atoms with Crippen LogP contribution in [0.25, 0.3) is 28.2 Å². The second-order valence-electron chi connectivity index (χ2n) is 5.63. The van der Waals surface area contributed by atoms with Crippen LogP contribution in [0.4, 0.5) is 0 Å². The van der Waals surface area contributed by atoms with Crippen molar-refractivity contribution in [1.29, 1.82) is 0 Å². The molecule has 0 unspecified atom stereocenters. The number of hydrogen-bond donors (Lipinski definition) is 0. The van der Waals surface area contributed by atoms with Gasteiger partial charge in [0.2, 0.25) is 0 Å². The third-order valence-corrected chi connectivity index (χ3v) is 3.97. The predicted octanol–water partition coefficient (Wildman–Crippen LogP) is 4.41. The number of aldehydes is 1. The molecule has 1 heterocycles. The van der Waals surface area contributed by atoms with E-state index in [-0.39, 0.29) is 0 Å². The maximum absolute atomic E-state index is 10.9. The first-order valence-electron chi connectivity index (χ1n) is 7.99. The Balaban J connectivity index is 1.88. The van der Waals surface area contributed by atoms with Crippen molar-refractivity contribution in [1.82, 2.24) is 15.0 Å². The number of carbonyl (C=O) groups is 1. The molecule has 0 radical (unpaired) electrons. The van der Waals surface area contributed by atoms with Gasteiger partial charge in [0.25, 0.3) is 0 Å². The summed E-state index contributed by atoms with van der Waals surface area (Å²) >= 11 is 0. The van der Waals surface area contributed by atoms with Crippen molar-refractivity contribution in [3.63, 3.8) is 0 Å². The standard InChI is InChI=1S/C21H15N3O/c25-15-16-11-13-18(14-12-16)21-20(17-7-3-1-4-8-17)22-24(23-21)19-9-5-2-6-10-19/h1-15H. The molecule has 0 bridgehead atoms. The van der Waals surface area contributed by atoms with Gasteiger partial charge in [-0.3, -0.25) is 4.79 Å². The van der Waals surface area contributed by atoms with Crippen LogP contribution in [-0.4, -0.2) is 21.3 Å². The molecule has 0 spiro atoms. The summed E-state index contributed by atoms with van der Waals surface area (Å²) in [5.74, 6) is 0. The topological polar surface area (TPSA) is 47.8 Å². The molecule has 120 valence electrons. The van der Waals surface area contributed by atoms with Gasteiger partial charge in [0, 0.05) is 16.7 Å². The average Bonchev–Trinajstić information content (AvgIpc) is 3.15. The van der Waals surface area contributed by atoms with E-state index in [9.17, 15) is 4.79 Å². The summed E-state index contributed by atoms with van der Waals surface area (Å²) in [5, 5.41) is 9.41. The fraction of sp³-hybridized carbons (Fsp3) is 0. The summed E-state index contributed by atoms with van der Waals surface area (Å²) in [6, 6.07) is 27.2. The van der Waals surface area contributed by atoms with E-state index in [4.69, 9.17) is 10.2 Å². The molecule has 0 atom stereocenters. The minimum atomic E-state index is 0.639. The van der Waals surface area contributed by atoms with E-state index in [1.54, 1.807) is 16.9 Å². The predicted molar refractivity (Wildman–Crippen MR) is 97.6 cm³/mol. The SMILES string of the molecule is O=Cc1ccc(-c2nn(-c3ccccc3)nc2-c2ccccc2)cc1. The smallest absolute Gasteiger partial charge is 0.150 e. The molecule has 0 amide bonds. The van der Waals surface area contributed by atoms with Gasteiger partial charge in [-0.25, -0.2) is 0 Å². The Kier molecular flexibility index (Phi) is 3.92. The number of rotatable bonds is 4. The van der Waals surface area contributed by atoms with Crippen molar-refractivity contribution in [2.75, 3.05) is 0 Å². The van der Waals surface area contributed by atoms with Gasteiger partial charge in [-0.1, -0.05) is 72.8 Å². The molecular formula is C21H15N3O. The molecule has 4 rings (SSSR count). The maximum atomic E-state index is 10.9. The van der Waals surface area contributed by atoms with Gasteiger partial charge in [-0.05, 0) is 12.1 Å². The number of hydrogen-bond acceptors (Lipinski definition) is 3. The van der Waals surface area contributed by atoms with Crippen LogP contribution < -0.4 is 0 Å². The lowest BCUT2D eigenvalue weighted by atomic mass is 10.0. The van der Waals surface area contributed by atoms with E-state index in [2.05, 4.69) is 0 Å². The van der Waals surface area contributed by atoms with Crippen LogP contribution in [0.15, 0.2) is 84.9 Å². The fourth-order valence-corrected chi connectivity index (χ4v) is 2.69. The lowest BCUT2D eigenvalue weighted by molar-refractivity contribution is 0.112. The van der Waals surface area contributed by atoms with Crippen molar-refractivity contribution in [2.24, 2.45) is 0 Å². The highest BCUT2D eigenvalue weighted by Gasteiger charge is 2.15. The second-order valence-corrected chi connectivity index (χ2v) is 5.63.